The maximum absolute atomic E-state index is 13.6. The minimum Gasteiger partial charge on any atom is -0.493 e. The molecule has 0 fully saturated rings. The molecular formula is C26H25F2N3O3. The lowest BCUT2D eigenvalue weighted by molar-refractivity contribution is 0.0782. The van der Waals surface area contributed by atoms with Gasteiger partial charge >= 0.3 is 0 Å². The summed E-state index contributed by atoms with van der Waals surface area (Å²) in [7, 11) is 0. The first kappa shape index (κ1) is 23.4. The summed E-state index contributed by atoms with van der Waals surface area (Å²) in [4.78, 5) is 19.9. The Kier molecular flexibility index (Phi) is 6.88. The zero-order valence-corrected chi connectivity index (χ0v) is 18.9. The van der Waals surface area contributed by atoms with Gasteiger partial charge in [0.15, 0.2) is 0 Å². The highest BCUT2D eigenvalue weighted by atomic mass is 19.1. The Bertz CT molecular complexity index is 1340. The van der Waals surface area contributed by atoms with E-state index >= 15 is 0 Å². The van der Waals surface area contributed by atoms with Crippen molar-refractivity contribution in [3.63, 3.8) is 0 Å². The molecule has 8 heteroatoms. The van der Waals surface area contributed by atoms with Crippen molar-refractivity contribution in [2.24, 2.45) is 0 Å². The summed E-state index contributed by atoms with van der Waals surface area (Å²) in [6.07, 6.45) is 2.70. The number of aliphatic hydroxyl groups excluding tert-OH is 1. The minimum atomic E-state index is -1.22. The lowest BCUT2D eigenvalue weighted by Crippen LogP contribution is -2.36. The maximum Gasteiger partial charge on any atom is 0.257 e. The standard InChI is InChI=1S/C26H25F2N3O3/c1-3-8-34-23-7-4-16(17-9-15(2)25(28)30-13-17)10-21(23)26(33)31-24(32)11-18-14-29-22-6-5-19(27)12-20(18)22/h4-7,9-10,12-14,24,29,32H,3,8,11H2,1-2H3,(H,31,33). The minimum absolute atomic E-state index is 0.0844. The summed E-state index contributed by atoms with van der Waals surface area (Å²) in [5.41, 5.74) is 3.34. The van der Waals surface area contributed by atoms with Gasteiger partial charge in [-0.05, 0) is 60.9 Å². The molecule has 1 amide bonds. The summed E-state index contributed by atoms with van der Waals surface area (Å²) in [6.45, 7) is 3.99. The number of H-pyrrole nitrogens is 1. The van der Waals surface area contributed by atoms with Gasteiger partial charge in [-0.3, -0.25) is 4.79 Å². The van der Waals surface area contributed by atoms with E-state index in [0.29, 0.717) is 40.0 Å². The Hall–Kier alpha value is -3.78. The van der Waals surface area contributed by atoms with Crippen molar-refractivity contribution in [1.82, 2.24) is 15.3 Å². The molecule has 1 atom stereocenters. The number of carbonyl (C=O) groups is 1. The van der Waals surface area contributed by atoms with Gasteiger partial charge in [0.25, 0.3) is 5.91 Å². The first-order valence-electron chi connectivity index (χ1n) is 11.0. The third-order valence-electron chi connectivity index (χ3n) is 5.47. The Balaban J connectivity index is 1.58. The van der Waals surface area contributed by atoms with Crippen LogP contribution in [-0.2, 0) is 6.42 Å². The number of amides is 1. The van der Waals surface area contributed by atoms with Crippen LogP contribution in [0.5, 0.6) is 5.75 Å². The van der Waals surface area contributed by atoms with Gasteiger partial charge < -0.3 is 20.1 Å². The number of aromatic amines is 1. The molecule has 4 aromatic rings. The van der Waals surface area contributed by atoms with Gasteiger partial charge in [0.1, 0.15) is 17.8 Å². The van der Waals surface area contributed by atoms with E-state index in [2.05, 4.69) is 15.3 Å². The molecule has 0 saturated carbocycles. The van der Waals surface area contributed by atoms with Gasteiger partial charge in [0.2, 0.25) is 5.95 Å². The molecule has 0 bridgehead atoms. The fraction of sp³-hybridized carbons (Fsp3) is 0.231. The molecule has 0 saturated heterocycles. The van der Waals surface area contributed by atoms with Crippen LogP contribution in [0, 0.1) is 18.7 Å². The van der Waals surface area contributed by atoms with E-state index in [1.807, 2.05) is 6.92 Å². The van der Waals surface area contributed by atoms with Crippen LogP contribution in [0.2, 0.25) is 0 Å². The topological polar surface area (TPSA) is 87.2 Å². The molecule has 2 heterocycles. The normalized spacial score (nSPS) is 12.0. The lowest BCUT2D eigenvalue weighted by atomic mass is 10.0. The number of carbonyl (C=O) groups excluding carboxylic acids is 1. The number of aryl methyl sites for hydroxylation is 1. The maximum atomic E-state index is 13.6. The van der Waals surface area contributed by atoms with E-state index < -0.39 is 18.1 Å². The monoisotopic (exact) mass is 465 g/mol. The average Bonchev–Trinajstić information content (AvgIpc) is 3.20. The number of hydrogen-bond acceptors (Lipinski definition) is 4. The van der Waals surface area contributed by atoms with Crippen molar-refractivity contribution in [3.8, 4) is 16.9 Å². The number of nitrogens with one attached hydrogen (secondary N) is 2. The van der Waals surface area contributed by atoms with E-state index in [4.69, 9.17) is 4.74 Å². The molecule has 0 aliphatic rings. The zero-order chi connectivity index (χ0) is 24.2. The summed E-state index contributed by atoms with van der Waals surface area (Å²) in [5, 5.41) is 13.8. The van der Waals surface area contributed by atoms with Gasteiger partial charge in [-0.1, -0.05) is 13.0 Å². The number of nitrogens with zero attached hydrogens (tertiary/aromatic N) is 1. The second kappa shape index (κ2) is 10.0. The Labute approximate surface area is 195 Å². The van der Waals surface area contributed by atoms with Crippen LogP contribution in [0.1, 0.15) is 34.8 Å². The number of aromatic nitrogens is 2. The lowest BCUT2D eigenvalue weighted by Gasteiger charge is -2.16. The van der Waals surface area contributed by atoms with Crippen LogP contribution >= 0.6 is 0 Å². The highest BCUT2D eigenvalue weighted by Gasteiger charge is 2.19. The molecule has 0 spiro atoms. The molecule has 6 nitrogen and oxygen atoms in total. The van der Waals surface area contributed by atoms with Crippen molar-refractivity contribution < 1.29 is 23.4 Å². The molecule has 0 aliphatic heterocycles. The van der Waals surface area contributed by atoms with Crippen molar-refractivity contribution in [1.29, 1.82) is 0 Å². The predicted octanol–water partition coefficient (Wildman–Crippen LogP) is 4.90. The summed E-state index contributed by atoms with van der Waals surface area (Å²) < 4.78 is 33.0. The van der Waals surface area contributed by atoms with Gasteiger partial charge in [0, 0.05) is 40.8 Å². The summed E-state index contributed by atoms with van der Waals surface area (Å²) >= 11 is 0. The third kappa shape index (κ3) is 5.07. The molecule has 2 aromatic heterocycles. The Morgan fingerprint density at radius 2 is 2.00 bits per heavy atom. The highest BCUT2D eigenvalue weighted by Crippen LogP contribution is 2.28. The van der Waals surface area contributed by atoms with E-state index in [1.54, 1.807) is 43.5 Å². The van der Waals surface area contributed by atoms with Gasteiger partial charge in [-0.25, -0.2) is 9.37 Å². The molecule has 2 aromatic carbocycles. The fourth-order valence-electron chi connectivity index (χ4n) is 3.75. The van der Waals surface area contributed by atoms with Crippen molar-refractivity contribution in [2.45, 2.75) is 32.9 Å². The van der Waals surface area contributed by atoms with E-state index in [0.717, 1.165) is 11.9 Å². The van der Waals surface area contributed by atoms with E-state index in [1.165, 1.54) is 18.3 Å². The molecule has 4 rings (SSSR count). The zero-order valence-electron chi connectivity index (χ0n) is 18.9. The van der Waals surface area contributed by atoms with Crippen LogP contribution < -0.4 is 10.1 Å². The second-order valence-electron chi connectivity index (χ2n) is 8.09. The number of benzene rings is 2. The van der Waals surface area contributed by atoms with Crippen LogP contribution in [0.3, 0.4) is 0 Å². The van der Waals surface area contributed by atoms with Crippen LogP contribution in [0.15, 0.2) is 54.9 Å². The van der Waals surface area contributed by atoms with Gasteiger partial charge in [-0.2, -0.15) is 4.39 Å². The Morgan fingerprint density at radius 1 is 1.18 bits per heavy atom. The van der Waals surface area contributed by atoms with Crippen LogP contribution in [-0.4, -0.2) is 33.8 Å². The number of halogens is 2. The largest absolute Gasteiger partial charge is 0.493 e. The molecule has 1 unspecified atom stereocenters. The van der Waals surface area contributed by atoms with Crippen molar-refractivity contribution >= 4 is 16.8 Å². The molecular weight excluding hydrogens is 440 g/mol. The van der Waals surface area contributed by atoms with Gasteiger partial charge in [0.05, 0.1) is 12.2 Å². The van der Waals surface area contributed by atoms with E-state index in [-0.39, 0.29) is 17.8 Å². The van der Waals surface area contributed by atoms with Crippen molar-refractivity contribution in [2.75, 3.05) is 6.61 Å². The first-order valence-corrected chi connectivity index (χ1v) is 11.0. The first-order chi connectivity index (χ1) is 16.4. The van der Waals surface area contributed by atoms with E-state index in [9.17, 15) is 18.7 Å². The third-order valence-corrected chi connectivity index (χ3v) is 5.47. The number of fused-ring (bicyclic) bond motifs is 1. The molecule has 0 radical (unpaired) electrons. The predicted molar refractivity (Wildman–Crippen MR) is 126 cm³/mol. The SMILES string of the molecule is CCCOc1ccc(-c2cnc(F)c(C)c2)cc1C(=O)NC(O)Cc1c[nH]c2ccc(F)cc12. The highest BCUT2D eigenvalue weighted by molar-refractivity contribution is 5.98. The Morgan fingerprint density at radius 3 is 2.76 bits per heavy atom. The summed E-state index contributed by atoms with van der Waals surface area (Å²) in [6, 6.07) is 11.1. The molecule has 0 aliphatic carbocycles. The molecule has 34 heavy (non-hydrogen) atoms. The molecule has 176 valence electrons. The second-order valence-corrected chi connectivity index (χ2v) is 8.09. The number of hydrogen-bond donors (Lipinski definition) is 3. The smallest absolute Gasteiger partial charge is 0.257 e. The van der Waals surface area contributed by atoms with Crippen LogP contribution in [0.25, 0.3) is 22.0 Å². The van der Waals surface area contributed by atoms with Crippen molar-refractivity contribution in [3.05, 3.63) is 83.3 Å². The number of aliphatic hydroxyl groups is 1. The number of ether oxygens (including phenoxy) is 1. The molecule has 3 N–H and O–H groups in total. The average molecular weight is 466 g/mol. The summed E-state index contributed by atoms with van der Waals surface area (Å²) in [5.74, 6) is -1.09. The number of rotatable bonds is 8. The van der Waals surface area contributed by atoms with Crippen LogP contribution in [0.4, 0.5) is 8.78 Å². The number of pyridine rings is 1. The quantitative estimate of drug-likeness (QED) is 0.255. The van der Waals surface area contributed by atoms with Gasteiger partial charge in [-0.15, -0.1) is 0 Å². The fourth-order valence-corrected chi connectivity index (χ4v) is 3.75.